The van der Waals surface area contributed by atoms with E-state index in [2.05, 4.69) is 0 Å². The smallest absolute Gasteiger partial charge is 0.313 e. The van der Waals surface area contributed by atoms with Gasteiger partial charge in [-0.15, -0.1) is 0 Å². The molecule has 1 N–H and O–H groups in total. The van der Waals surface area contributed by atoms with Crippen molar-refractivity contribution in [1.82, 2.24) is 9.80 Å². The average Bonchev–Trinajstić information content (AvgIpc) is 3.31. The number of furan rings is 1. The molecule has 2 aliphatic heterocycles. The number of piperidine rings is 1. The van der Waals surface area contributed by atoms with Crippen LogP contribution in [0.3, 0.4) is 0 Å². The number of methoxy groups -OCH3 is 1. The molecule has 0 bridgehead atoms. The van der Waals surface area contributed by atoms with E-state index < -0.39 is 17.4 Å². The number of carboxylic acid groups (broad SMARTS) is 1. The van der Waals surface area contributed by atoms with Gasteiger partial charge in [0.05, 0.1) is 12.9 Å². The topological polar surface area (TPSA) is 100 Å². The van der Waals surface area contributed by atoms with Gasteiger partial charge in [-0.1, -0.05) is 0 Å². The lowest BCUT2D eigenvalue weighted by molar-refractivity contribution is -0.152. The first-order valence-corrected chi connectivity index (χ1v) is 8.84. The third kappa shape index (κ3) is 3.33. The van der Waals surface area contributed by atoms with Crippen LogP contribution in [0.15, 0.2) is 22.8 Å². The second kappa shape index (κ2) is 7.49. The van der Waals surface area contributed by atoms with Crippen molar-refractivity contribution in [3.05, 3.63) is 24.2 Å². The molecule has 2 saturated heterocycles. The van der Waals surface area contributed by atoms with Crippen LogP contribution in [0.4, 0.5) is 0 Å². The quantitative estimate of drug-likeness (QED) is 0.843. The summed E-state index contributed by atoms with van der Waals surface area (Å²) >= 11 is 0. The maximum absolute atomic E-state index is 13.1. The fourth-order valence-electron chi connectivity index (χ4n) is 3.87. The summed E-state index contributed by atoms with van der Waals surface area (Å²) in [7, 11) is 1.46. The Morgan fingerprint density at radius 1 is 1.35 bits per heavy atom. The summed E-state index contributed by atoms with van der Waals surface area (Å²) in [6, 6.07) is 2.65. The Labute approximate surface area is 151 Å². The van der Waals surface area contributed by atoms with E-state index >= 15 is 0 Å². The largest absolute Gasteiger partial charge is 0.481 e. The second-order valence-electron chi connectivity index (χ2n) is 7.02. The van der Waals surface area contributed by atoms with Crippen molar-refractivity contribution in [3.8, 4) is 0 Å². The van der Waals surface area contributed by atoms with Crippen molar-refractivity contribution >= 4 is 17.8 Å². The van der Waals surface area contributed by atoms with Gasteiger partial charge in [0, 0.05) is 26.7 Å². The fraction of sp³-hybridized carbons (Fsp3) is 0.611. The Balaban J connectivity index is 1.75. The van der Waals surface area contributed by atoms with Crippen molar-refractivity contribution in [3.63, 3.8) is 0 Å². The van der Waals surface area contributed by atoms with E-state index in [-0.39, 0.29) is 30.7 Å². The number of aliphatic carboxylic acids is 1. The lowest BCUT2D eigenvalue weighted by Gasteiger charge is -2.36. The number of amides is 2. The Morgan fingerprint density at radius 3 is 2.81 bits per heavy atom. The zero-order valence-corrected chi connectivity index (χ0v) is 14.8. The van der Waals surface area contributed by atoms with E-state index in [1.54, 1.807) is 21.9 Å². The summed E-state index contributed by atoms with van der Waals surface area (Å²) in [6.45, 7) is 1.01. The highest BCUT2D eigenvalue weighted by Crippen LogP contribution is 2.33. The highest BCUT2D eigenvalue weighted by Gasteiger charge is 2.48. The van der Waals surface area contributed by atoms with Gasteiger partial charge in [-0.05, 0) is 37.8 Å². The van der Waals surface area contributed by atoms with Crippen molar-refractivity contribution in [1.29, 1.82) is 0 Å². The first-order valence-electron chi connectivity index (χ1n) is 8.84. The van der Waals surface area contributed by atoms with Crippen LogP contribution in [0.25, 0.3) is 0 Å². The van der Waals surface area contributed by atoms with Crippen LogP contribution in [0.2, 0.25) is 0 Å². The van der Waals surface area contributed by atoms with Crippen molar-refractivity contribution < 1.29 is 28.6 Å². The van der Waals surface area contributed by atoms with Gasteiger partial charge < -0.3 is 24.1 Å². The SMILES string of the molecule is COCC1(C(=O)O)CCN(C(=O)C2CCCCN2C(=O)c2ccco2)C1. The Hall–Kier alpha value is -2.35. The number of carbonyl (C=O) groups is 3. The number of carboxylic acids is 1. The molecular weight excluding hydrogens is 340 g/mol. The van der Waals surface area contributed by atoms with Crippen molar-refractivity contribution in [2.75, 3.05) is 33.4 Å². The van der Waals surface area contributed by atoms with E-state index in [0.29, 0.717) is 25.9 Å². The molecule has 8 heteroatoms. The van der Waals surface area contributed by atoms with E-state index in [4.69, 9.17) is 9.15 Å². The van der Waals surface area contributed by atoms with Crippen LogP contribution in [0.1, 0.15) is 36.2 Å². The van der Waals surface area contributed by atoms with Gasteiger partial charge in [-0.3, -0.25) is 14.4 Å². The molecule has 8 nitrogen and oxygen atoms in total. The van der Waals surface area contributed by atoms with Gasteiger partial charge in [0.15, 0.2) is 5.76 Å². The number of hydrogen-bond donors (Lipinski definition) is 1. The standard InChI is InChI=1S/C18H24N2O6/c1-25-12-18(17(23)24)7-9-19(11-18)15(21)13-5-2-3-8-20(13)16(22)14-6-4-10-26-14/h4,6,10,13H,2-3,5,7-9,11-12H2,1H3,(H,23,24). The molecule has 0 aliphatic carbocycles. The first kappa shape index (κ1) is 18.4. The average molecular weight is 364 g/mol. The molecule has 26 heavy (non-hydrogen) atoms. The minimum atomic E-state index is -1.07. The Morgan fingerprint density at radius 2 is 2.15 bits per heavy atom. The maximum atomic E-state index is 13.1. The highest BCUT2D eigenvalue weighted by atomic mass is 16.5. The second-order valence-corrected chi connectivity index (χ2v) is 7.02. The molecule has 2 atom stereocenters. The molecule has 0 radical (unpaired) electrons. The zero-order valence-electron chi connectivity index (χ0n) is 14.8. The van der Waals surface area contributed by atoms with Crippen LogP contribution < -0.4 is 0 Å². The zero-order chi connectivity index (χ0) is 18.7. The molecule has 2 fully saturated rings. The molecule has 1 aromatic heterocycles. The molecule has 1 aromatic rings. The number of rotatable bonds is 5. The lowest BCUT2D eigenvalue weighted by atomic mass is 9.88. The summed E-state index contributed by atoms with van der Waals surface area (Å²) in [4.78, 5) is 40.6. The molecule has 142 valence electrons. The van der Waals surface area contributed by atoms with Gasteiger partial charge >= 0.3 is 5.97 Å². The minimum Gasteiger partial charge on any atom is -0.481 e. The summed E-state index contributed by atoms with van der Waals surface area (Å²) < 4.78 is 10.3. The van der Waals surface area contributed by atoms with Gasteiger partial charge in [0.2, 0.25) is 5.91 Å². The summed E-state index contributed by atoms with van der Waals surface area (Å²) in [5.74, 6) is -1.23. The summed E-state index contributed by atoms with van der Waals surface area (Å²) in [6.07, 6.45) is 4.04. The van der Waals surface area contributed by atoms with Crippen molar-refractivity contribution in [2.24, 2.45) is 5.41 Å². The molecule has 3 heterocycles. The number of ether oxygens (including phenoxy) is 1. The Kier molecular flexibility index (Phi) is 5.31. The first-order chi connectivity index (χ1) is 12.5. The Bertz CT molecular complexity index is 673. The van der Waals surface area contributed by atoms with Gasteiger partial charge in [0.25, 0.3) is 5.91 Å². The number of hydrogen-bond acceptors (Lipinski definition) is 5. The monoisotopic (exact) mass is 364 g/mol. The van der Waals surface area contributed by atoms with Crippen molar-refractivity contribution in [2.45, 2.75) is 31.7 Å². The highest BCUT2D eigenvalue weighted by molar-refractivity contribution is 5.96. The fourth-order valence-corrected chi connectivity index (χ4v) is 3.87. The molecule has 0 aromatic carbocycles. The molecule has 0 spiro atoms. The summed E-state index contributed by atoms with van der Waals surface area (Å²) in [5, 5.41) is 9.58. The molecule has 0 saturated carbocycles. The molecular formula is C18H24N2O6. The van der Waals surface area contributed by atoms with Gasteiger partial charge in [-0.25, -0.2) is 0 Å². The molecule has 2 unspecified atom stereocenters. The van der Waals surface area contributed by atoms with E-state index in [1.807, 2.05) is 0 Å². The minimum absolute atomic E-state index is 0.0613. The predicted molar refractivity (Wildman–Crippen MR) is 90.5 cm³/mol. The third-order valence-electron chi connectivity index (χ3n) is 5.32. The lowest BCUT2D eigenvalue weighted by Crippen LogP contribution is -2.53. The van der Waals surface area contributed by atoms with Crippen LogP contribution in [0.5, 0.6) is 0 Å². The van der Waals surface area contributed by atoms with Crippen LogP contribution in [0, 0.1) is 5.41 Å². The maximum Gasteiger partial charge on any atom is 0.313 e. The molecule has 3 rings (SSSR count). The third-order valence-corrected chi connectivity index (χ3v) is 5.32. The van der Waals surface area contributed by atoms with E-state index in [9.17, 15) is 19.5 Å². The number of carbonyl (C=O) groups excluding carboxylic acids is 2. The van der Waals surface area contributed by atoms with Crippen LogP contribution >= 0.6 is 0 Å². The van der Waals surface area contributed by atoms with Crippen LogP contribution in [-0.2, 0) is 14.3 Å². The van der Waals surface area contributed by atoms with Gasteiger partial charge in [-0.2, -0.15) is 0 Å². The summed E-state index contributed by atoms with van der Waals surface area (Å²) in [5.41, 5.74) is -1.07. The normalized spacial score (nSPS) is 26.1. The predicted octanol–water partition coefficient (Wildman–Crippen LogP) is 1.22. The molecule has 2 aliphatic rings. The number of nitrogens with zero attached hydrogens (tertiary/aromatic N) is 2. The van der Waals surface area contributed by atoms with E-state index in [1.165, 1.54) is 13.4 Å². The van der Waals surface area contributed by atoms with Crippen LogP contribution in [-0.4, -0.2) is 72.1 Å². The van der Waals surface area contributed by atoms with E-state index in [0.717, 1.165) is 12.8 Å². The molecule has 2 amide bonds. The number of likely N-dealkylation sites (tertiary alicyclic amines) is 2. The van der Waals surface area contributed by atoms with Gasteiger partial charge in [0.1, 0.15) is 11.5 Å².